The first-order chi connectivity index (χ1) is 9.74. The zero-order chi connectivity index (χ0) is 13.7. The molecule has 0 bridgehead atoms. The number of hydrogen-bond acceptors (Lipinski definition) is 2. The molecule has 1 saturated carbocycles. The molecule has 4 rings (SSSR count). The van der Waals surface area contributed by atoms with E-state index in [1.54, 1.807) is 0 Å². The Morgan fingerprint density at radius 3 is 3.00 bits per heavy atom. The molecular formula is C16H17N3S. The molecule has 20 heavy (non-hydrogen) atoms. The van der Waals surface area contributed by atoms with E-state index in [0.29, 0.717) is 6.04 Å². The van der Waals surface area contributed by atoms with Gasteiger partial charge in [-0.05, 0) is 37.5 Å². The van der Waals surface area contributed by atoms with Gasteiger partial charge in [0.25, 0.3) is 0 Å². The minimum atomic E-state index is 0.439. The number of aromatic nitrogens is 3. The van der Waals surface area contributed by atoms with Gasteiger partial charge >= 0.3 is 0 Å². The van der Waals surface area contributed by atoms with Crippen molar-refractivity contribution in [1.29, 1.82) is 0 Å². The van der Waals surface area contributed by atoms with Crippen LogP contribution in [0.25, 0.3) is 21.9 Å². The third kappa shape index (κ3) is 1.86. The SMILES string of the molecule is CC(CC1CC1)n1c(=S)[nH]c2cnc3ccccc3c21. The fourth-order valence-corrected chi connectivity index (χ4v) is 3.50. The predicted molar refractivity (Wildman–Crippen MR) is 84.5 cm³/mol. The minimum Gasteiger partial charge on any atom is -0.329 e. The average molecular weight is 283 g/mol. The second-order valence-electron chi connectivity index (χ2n) is 5.87. The molecule has 2 heterocycles. The summed E-state index contributed by atoms with van der Waals surface area (Å²) in [5.41, 5.74) is 3.27. The number of aromatic amines is 1. The highest BCUT2D eigenvalue weighted by molar-refractivity contribution is 7.71. The second-order valence-corrected chi connectivity index (χ2v) is 6.25. The van der Waals surface area contributed by atoms with E-state index in [-0.39, 0.29) is 0 Å². The van der Waals surface area contributed by atoms with Crippen molar-refractivity contribution in [3.8, 4) is 0 Å². The number of nitrogens with zero attached hydrogens (tertiary/aromatic N) is 2. The minimum absolute atomic E-state index is 0.439. The first-order valence-corrected chi connectivity index (χ1v) is 7.63. The van der Waals surface area contributed by atoms with Gasteiger partial charge in [-0.2, -0.15) is 0 Å². The standard InChI is InChI=1S/C16H17N3S/c1-10(8-11-6-7-11)19-15-12-4-2-3-5-13(12)17-9-14(15)18-16(19)20/h2-5,9-11H,6-8H2,1H3,(H,18,20). The van der Waals surface area contributed by atoms with Crippen molar-refractivity contribution in [3.05, 3.63) is 35.2 Å². The van der Waals surface area contributed by atoms with E-state index in [1.807, 2.05) is 12.3 Å². The smallest absolute Gasteiger partial charge is 0.178 e. The van der Waals surface area contributed by atoms with Gasteiger partial charge < -0.3 is 9.55 Å². The van der Waals surface area contributed by atoms with Crippen LogP contribution in [-0.2, 0) is 0 Å². The molecule has 2 aromatic heterocycles. The summed E-state index contributed by atoms with van der Waals surface area (Å²) in [6.45, 7) is 2.27. The quantitative estimate of drug-likeness (QED) is 0.712. The summed E-state index contributed by atoms with van der Waals surface area (Å²) in [6.07, 6.45) is 5.87. The van der Waals surface area contributed by atoms with Crippen molar-refractivity contribution in [2.24, 2.45) is 5.92 Å². The first-order valence-electron chi connectivity index (χ1n) is 7.22. The van der Waals surface area contributed by atoms with E-state index in [0.717, 1.165) is 21.7 Å². The first kappa shape index (κ1) is 12.1. The van der Waals surface area contributed by atoms with E-state index in [2.05, 4.69) is 39.7 Å². The summed E-state index contributed by atoms with van der Waals surface area (Å²) in [7, 11) is 0. The summed E-state index contributed by atoms with van der Waals surface area (Å²) < 4.78 is 3.10. The zero-order valence-electron chi connectivity index (χ0n) is 11.5. The Kier molecular flexibility index (Phi) is 2.67. The monoisotopic (exact) mass is 283 g/mol. The highest BCUT2D eigenvalue weighted by Gasteiger charge is 2.25. The van der Waals surface area contributed by atoms with Crippen LogP contribution < -0.4 is 0 Å². The van der Waals surface area contributed by atoms with E-state index in [9.17, 15) is 0 Å². The number of benzene rings is 1. The van der Waals surface area contributed by atoms with E-state index < -0.39 is 0 Å². The maximum atomic E-state index is 5.55. The maximum Gasteiger partial charge on any atom is 0.178 e. The van der Waals surface area contributed by atoms with E-state index in [4.69, 9.17) is 12.2 Å². The molecule has 0 radical (unpaired) electrons. The lowest BCUT2D eigenvalue weighted by molar-refractivity contribution is 0.483. The van der Waals surface area contributed by atoms with Gasteiger partial charge in [-0.3, -0.25) is 4.98 Å². The maximum absolute atomic E-state index is 5.55. The Morgan fingerprint density at radius 1 is 1.40 bits per heavy atom. The van der Waals surface area contributed by atoms with Crippen molar-refractivity contribution < 1.29 is 0 Å². The number of nitrogens with one attached hydrogen (secondary N) is 1. The van der Waals surface area contributed by atoms with Crippen molar-refractivity contribution in [3.63, 3.8) is 0 Å². The number of para-hydroxylation sites is 1. The highest BCUT2D eigenvalue weighted by Crippen LogP contribution is 2.38. The van der Waals surface area contributed by atoms with Gasteiger partial charge in [0.15, 0.2) is 4.77 Å². The second kappa shape index (κ2) is 4.42. The van der Waals surface area contributed by atoms with E-state index in [1.165, 1.54) is 30.2 Å². The van der Waals surface area contributed by atoms with Crippen LogP contribution in [-0.4, -0.2) is 14.5 Å². The molecule has 3 nitrogen and oxygen atoms in total. The summed E-state index contributed by atoms with van der Waals surface area (Å²) in [6, 6.07) is 8.72. The molecule has 0 saturated heterocycles. The highest BCUT2D eigenvalue weighted by atomic mass is 32.1. The molecule has 1 aromatic carbocycles. The van der Waals surface area contributed by atoms with Gasteiger partial charge in [-0.15, -0.1) is 0 Å². The van der Waals surface area contributed by atoms with Crippen molar-refractivity contribution in [1.82, 2.24) is 14.5 Å². The molecule has 1 N–H and O–H groups in total. The number of fused-ring (bicyclic) bond motifs is 3. The molecular weight excluding hydrogens is 266 g/mol. The van der Waals surface area contributed by atoms with E-state index >= 15 is 0 Å². The van der Waals surface area contributed by atoms with Gasteiger partial charge in [0.05, 0.1) is 22.7 Å². The molecule has 0 amide bonds. The predicted octanol–water partition coefficient (Wildman–Crippen LogP) is 4.61. The molecule has 1 atom stereocenters. The van der Waals surface area contributed by atoms with Crippen LogP contribution in [0.3, 0.4) is 0 Å². The lowest BCUT2D eigenvalue weighted by atomic mass is 10.1. The van der Waals surface area contributed by atoms with Crippen molar-refractivity contribution in [2.75, 3.05) is 0 Å². The number of H-pyrrole nitrogens is 1. The molecule has 1 fully saturated rings. The molecule has 1 aliphatic rings. The number of hydrogen-bond donors (Lipinski definition) is 1. The third-order valence-corrected chi connectivity index (χ3v) is 4.56. The third-order valence-electron chi connectivity index (χ3n) is 4.26. The lowest BCUT2D eigenvalue weighted by Crippen LogP contribution is -2.06. The Hall–Kier alpha value is -1.68. The molecule has 1 aliphatic carbocycles. The van der Waals surface area contributed by atoms with Gasteiger partial charge in [0, 0.05) is 11.4 Å². The number of rotatable bonds is 3. The Morgan fingerprint density at radius 2 is 2.20 bits per heavy atom. The van der Waals surface area contributed by atoms with Crippen molar-refractivity contribution >= 4 is 34.2 Å². The van der Waals surface area contributed by atoms with Crippen molar-refractivity contribution in [2.45, 2.75) is 32.2 Å². The van der Waals surface area contributed by atoms with Gasteiger partial charge in [-0.25, -0.2) is 0 Å². The number of pyridine rings is 1. The van der Waals surface area contributed by atoms with Crippen LogP contribution in [0.15, 0.2) is 30.5 Å². The molecule has 0 aliphatic heterocycles. The van der Waals surface area contributed by atoms with Gasteiger partial charge in [0.1, 0.15) is 0 Å². The zero-order valence-corrected chi connectivity index (χ0v) is 12.3. The van der Waals surface area contributed by atoms with Crippen LogP contribution in [0.5, 0.6) is 0 Å². The summed E-state index contributed by atoms with van der Waals surface area (Å²) in [5.74, 6) is 0.893. The Balaban J connectivity index is 2.00. The topological polar surface area (TPSA) is 33.6 Å². The fourth-order valence-electron chi connectivity index (χ4n) is 3.12. The average Bonchev–Trinajstić information content (AvgIpc) is 3.18. The van der Waals surface area contributed by atoms with Gasteiger partial charge in [-0.1, -0.05) is 31.0 Å². The van der Waals surface area contributed by atoms with Crippen LogP contribution in [0.1, 0.15) is 32.2 Å². The lowest BCUT2D eigenvalue weighted by Gasteiger charge is -2.15. The van der Waals surface area contributed by atoms with Crippen LogP contribution in [0.2, 0.25) is 0 Å². The molecule has 1 unspecified atom stereocenters. The number of imidazole rings is 1. The van der Waals surface area contributed by atoms with Crippen LogP contribution in [0.4, 0.5) is 0 Å². The van der Waals surface area contributed by atoms with Crippen LogP contribution in [0, 0.1) is 10.7 Å². The summed E-state index contributed by atoms with van der Waals surface area (Å²) in [5, 5.41) is 1.18. The normalized spacial score (nSPS) is 16.9. The van der Waals surface area contributed by atoms with Gasteiger partial charge in [0.2, 0.25) is 0 Å². The van der Waals surface area contributed by atoms with Crippen LogP contribution >= 0.6 is 12.2 Å². The molecule has 0 spiro atoms. The summed E-state index contributed by atoms with van der Waals surface area (Å²) in [4.78, 5) is 7.81. The Bertz CT molecular complexity index is 842. The largest absolute Gasteiger partial charge is 0.329 e. The molecule has 102 valence electrons. The molecule has 3 aromatic rings. The summed E-state index contributed by atoms with van der Waals surface area (Å²) >= 11 is 5.55. The Labute approximate surface area is 122 Å². The fraction of sp³-hybridized carbons (Fsp3) is 0.375. The molecule has 4 heteroatoms.